The molecule has 1 aliphatic rings. The van der Waals surface area contributed by atoms with Gasteiger partial charge in [-0.2, -0.15) is 13.2 Å². The maximum atomic E-state index is 14.1. The van der Waals surface area contributed by atoms with Crippen LogP contribution in [0.15, 0.2) is 41.4 Å². The number of amides is 1. The number of hydrogen-bond acceptors (Lipinski definition) is 6. The molecule has 1 N–H and O–H groups in total. The van der Waals surface area contributed by atoms with Crippen LogP contribution in [0.5, 0.6) is 0 Å². The van der Waals surface area contributed by atoms with Crippen molar-refractivity contribution >= 4 is 21.5 Å². The van der Waals surface area contributed by atoms with E-state index in [1.54, 1.807) is 11.5 Å². The third kappa shape index (κ3) is 6.43. The summed E-state index contributed by atoms with van der Waals surface area (Å²) in [6.07, 6.45) is -1.02. The molecule has 12 heteroatoms. The fraction of sp³-hybridized carbons (Fsp3) is 0.429. The normalized spacial score (nSPS) is 14.3. The smallest absolute Gasteiger partial charge is 0.345 e. The number of ketones is 1. The number of imidazole rings is 1. The zero-order chi connectivity index (χ0) is 29.6. The highest BCUT2D eigenvalue weighted by Gasteiger charge is 2.37. The number of sulfone groups is 1. The lowest BCUT2D eigenvalue weighted by atomic mass is 9.95. The average molecular weight is 577 g/mol. The summed E-state index contributed by atoms with van der Waals surface area (Å²) in [5, 5.41) is 2.70. The van der Waals surface area contributed by atoms with Crippen molar-refractivity contribution < 1.29 is 31.2 Å². The van der Waals surface area contributed by atoms with Gasteiger partial charge in [-0.15, -0.1) is 0 Å². The van der Waals surface area contributed by atoms with Crippen molar-refractivity contribution in [3.8, 4) is 0 Å². The molecule has 0 spiro atoms. The first-order chi connectivity index (χ1) is 18.5. The van der Waals surface area contributed by atoms with Crippen molar-refractivity contribution in [2.24, 2.45) is 5.92 Å². The van der Waals surface area contributed by atoms with Gasteiger partial charge in [0.15, 0.2) is 15.6 Å². The van der Waals surface area contributed by atoms with Gasteiger partial charge in [-0.1, -0.05) is 32.9 Å². The van der Waals surface area contributed by atoms with E-state index in [2.05, 4.69) is 15.3 Å². The van der Waals surface area contributed by atoms with E-state index in [4.69, 9.17) is 0 Å². The number of aromatic nitrogens is 3. The Kier molecular flexibility index (Phi) is 7.70. The third-order valence-corrected chi connectivity index (χ3v) is 7.84. The number of carbonyl (C=O) groups is 2. The van der Waals surface area contributed by atoms with Gasteiger partial charge in [-0.3, -0.25) is 14.6 Å². The summed E-state index contributed by atoms with van der Waals surface area (Å²) >= 11 is 0. The molecular weight excluding hydrogens is 545 g/mol. The van der Waals surface area contributed by atoms with Crippen LogP contribution >= 0.6 is 0 Å². The van der Waals surface area contributed by atoms with Crippen molar-refractivity contribution in [1.29, 1.82) is 0 Å². The molecule has 0 atom stereocenters. The number of nitrogens with one attached hydrogen (secondary N) is 1. The summed E-state index contributed by atoms with van der Waals surface area (Å²) in [5.41, 5.74) is -0.609. The Labute approximate surface area is 231 Å². The van der Waals surface area contributed by atoms with Gasteiger partial charge in [0, 0.05) is 41.6 Å². The van der Waals surface area contributed by atoms with Crippen LogP contribution in [-0.2, 0) is 34.5 Å². The Balaban J connectivity index is 1.63. The van der Waals surface area contributed by atoms with Crippen molar-refractivity contribution in [2.75, 3.05) is 6.26 Å². The fourth-order valence-corrected chi connectivity index (χ4v) is 4.95. The molecule has 3 aromatic rings. The quantitative estimate of drug-likeness (QED) is 0.383. The number of Topliss-reactive ketones (excluding diaryl/α,β-unsaturated/α-hetero) is 1. The monoisotopic (exact) mass is 576 g/mol. The number of pyridine rings is 1. The summed E-state index contributed by atoms with van der Waals surface area (Å²) < 4.78 is 67.1. The predicted molar refractivity (Wildman–Crippen MR) is 142 cm³/mol. The van der Waals surface area contributed by atoms with Crippen molar-refractivity contribution in [3.05, 3.63) is 76.1 Å². The highest BCUT2D eigenvalue weighted by molar-refractivity contribution is 7.90. The van der Waals surface area contributed by atoms with Gasteiger partial charge < -0.3 is 9.88 Å². The van der Waals surface area contributed by atoms with E-state index in [9.17, 15) is 31.2 Å². The summed E-state index contributed by atoms with van der Waals surface area (Å²) in [7, 11) is -3.41. The largest absolute Gasteiger partial charge is 0.416 e. The summed E-state index contributed by atoms with van der Waals surface area (Å²) in [6, 6.07) is 6.57. The summed E-state index contributed by atoms with van der Waals surface area (Å²) in [6.45, 7) is 6.97. The molecule has 1 fully saturated rings. The average Bonchev–Trinajstić information content (AvgIpc) is 3.65. The molecule has 8 nitrogen and oxygen atoms in total. The summed E-state index contributed by atoms with van der Waals surface area (Å²) in [5.74, 6) is -0.593. The van der Waals surface area contributed by atoms with Gasteiger partial charge in [-0.25, -0.2) is 13.4 Å². The van der Waals surface area contributed by atoms with E-state index in [1.165, 1.54) is 30.5 Å². The first-order valence-electron chi connectivity index (χ1n) is 12.7. The van der Waals surface area contributed by atoms with Crippen LogP contribution in [0.2, 0.25) is 0 Å². The minimum absolute atomic E-state index is 0.00523. The molecule has 40 heavy (non-hydrogen) atoms. The van der Waals surface area contributed by atoms with Gasteiger partial charge in [-0.05, 0) is 43.5 Å². The molecular formula is C28H31F3N4O4S. The van der Waals surface area contributed by atoms with Crippen LogP contribution < -0.4 is 5.32 Å². The third-order valence-electron chi connectivity index (χ3n) is 6.74. The number of alkyl halides is 3. The molecule has 1 aromatic carbocycles. The lowest BCUT2D eigenvalue weighted by Gasteiger charge is -2.22. The molecule has 2 aromatic heterocycles. The van der Waals surface area contributed by atoms with Gasteiger partial charge in [0.05, 0.1) is 22.7 Å². The van der Waals surface area contributed by atoms with Gasteiger partial charge in [0.25, 0.3) is 5.91 Å². The predicted octanol–water partition coefficient (Wildman–Crippen LogP) is 4.88. The van der Waals surface area contributed by atoms with Gasteiger partial charge in [0.1, 0.15) is 11.5 Å². The highest BCUT2D eigenvalue weighted by Crippen LogP contribution is 2.37. The molecule has 1 amide bonds. The zero-order valence-electron chi connectivity index (χ0n) is 22.9. The van der Waals surface area contributed by atoms with Crippen LogP contribution in [0, 0.1) is 12.8 Å². The molecule has 214 valence electrons. The second kappa shape index (κ2) is 10.5. The maximum absolute atomic E-state index is 14.1. The van der Waals surface area contributed by atoms with E-state index in [0.29, 0.717) is 30.1 Å². The van der Waals surface area contributed by atoms with Gasteiger partial charge in [0.2, 0.25) is 0 Å². The molecule has 2 heterocycles. The number of hydrogen-bond donors (Lipinski definition) is 1. The topological polar surface area (TPSA) is 111 Å². The van der Waals surface area contributed by atoms with Crippen LogP contribution in [0.25, 0.3) is 0 Å². The number of halogens is 3. The lowest BCUT2D eigenvalue weighted by molar-refractivity contribution is -0.138. The van der Waals surface area contributed by atoms with E-state index in [-0.39, 0.29) is 46.5 Å². The Morgan fingerprint density at radius 1 is 1.10 bits per heavy atom. The molecule has 0 saturated heterocycles. The minimum atomic E-state index is -4.68. The Morgan fingerprint density at radius 3 is 2.30 bits per heavy atom. The van der Waals surface area contributed by atoms with E-state index < -0.39 is 32.9 Å². The second-order valence-electron chi connectivity index (χ2n) is 11.2. The Bertz CT molecular complexity index is 1570. The standard InChI is InChI=1S/C28H31F3N4O4S/c1-16-23(25(37)33-13-20-10-11-21(14-32-20)40(5,38)39)34-26(27(2,3)4)35(16)15-19-9-8-18(24(36)17-6-7-17)12-22(19)28(29,30)31/h8-12,14,17H,6-7,13,15H2,1-5H3,(H,33,37). The molecule has 1 aliphatic carbocycles. The maximum Gasteiger partial charge on any atom is 0.416 e. The zero-order valence-corrected chi connectivity index (χ0v) is 23.7. The first kappa shape index (κ1) is 29.4. The van der Waals surface area contributed by atoms with Crippen LogP contribution in [-0.4, -0.2) is 40.9 Å². The van der Waals surface area contributed by atoms with E-state index >= 15 is 0 Å². The van der Waals surface area contributed by atoms with Crippen molar-refractivity contribution in [2.45, 2.75) is 70.1 Å². The highest BCUT2D eigenvalue weighted by atomic mass is 32.2. The molecule has 4 rings (SSSR count). The van der Waals surface area contributed by atoms with E-state index in [0.717, 1.165) is 12.3 Å². The van der Waals surface area contributed by atoms with Crippen LogP contribution in [0.1, 0.15) is 82.8 Å². The lowest BCUT2D eigenvalue weighted by Crippen LogP contribution is -2.24. The molecule has 1 saturated carbocycles. The van der Waals surface area contributed by atoms with E-state index in [1.807, 2.05) is 20.8 Å². The summed E-state index contributed by atoms with van der Waals surface area (Å²) in [4.78, 5) is 34.2. The Hall–Kier alpha value is -3.54. The van der Waals surface area contributed by atoms with Crippen molar-refractivity contribution in [3.63, 3.8) is 0 Å². The fourth-order valence-electron chi connectivity index (χ4n) is 4.39. The number of nitrogens with zero attached hydrogens (tertiary/aromatic N) is 3. The molecule has 0 radical (unpaired) electrons. The SMILES string of the molecule is Cc1c(C(=O)NCc2ccc(S(C)(=O)=O)cn2)nc(C(C)(C)C)n1Cc1ccc(C(=O)C2CC2)cc1C(F)(F)F. The number of carbonyl (C=O) groups excluding carboxylic acids is 2. The van der Waals surface area contributed by atoms with Crippen molar-refractivity contribution in [1.82, 2.24) is 19.9 Å². The number of benzene rings is 1. The Morgan fingerprint density at radius 2 is 1.77 bits per heavy atom. The van der Waals surface area contributed by atoms with Crippen LogP contribution in [0.3, 0.4) is 0 Å². The first-order valence-corrected chi connectivity index (χ1v) is 14.6. The second-order valence-corrected chi connectivity index (χ2v) is 13.2. The van der Waals surface area contributed by atoms with Gasteiger partial charge >= 0.3 is 6.18 Å². The molecule has 0 unspecified atom stereocenters. The molecule has 0 aliphatic heterocycles. The molecule has 0 bridgehead atoms. The minimum Gasteiger partial charge on any atom is -0.345 e. The number of rotatable bonds is 8. The van der Waals surface area contributed by atoms with Crippen LogP contribution in [0.4, 0.5) is 13.2 Å².